The number of hydrogen-bond donors (Lipinski definition) is 1. The Labute approximate surface area is 109 Å². The first kappa shape index (κ1) is 14.7. The van der Waals surface area contributed by atoms with Gasteiger partial charge >= 0.3 is 0 Å². The summed E-state index contributed by atoms with van der Waals surface area (Å²) in [7, 11) is -0.657. The van der Waals surface area contributed by atoms with Gasteiger partial charge in [0.05, 0.1) is 0 Å². The zero-order chi connectivity index (χ0) is 13.6. The van der Waals surface area contributed by atoms with Crippen LogP contribution < -0.4 is 4.98 Å². The minimum absolute atomic E-state index is 0.205. The molecule has 0 aromatic heterocycles. The van der Waals surface area contributed by atoms with Gasteiger partial charge in [0.25, 0.3) is 0 Å². The molecule has 0 heterocycles. The molecule has 0 aromatic carbocycles. The van der Waals surface area contributed by atoms with Gasteiger partial charge in [0.1, 0.15) is 0 Å². The van der Waals surface area contributed by atoms with Crippen LogP contribution in [0.15, 0.2) is 21.9 Å². The third-order valence-corrected chi connectivity index (χ3v) is 6.88. The normalized spacial score (nSPS) is 20.8. The van der Waals surface area contributed by atoms with E-state index >= 15 is 0 Å². The molecular formula is C15H28NSi. The topological polar surface area (TPSA) is 12.0 Å². The Balaban J connectivity index is 3.08. The Bertz CT molecular complexity index is 380. The maximum atomic E-state index is 3.81. The largest absolute Gasteiger partial charge is 0.330 e. The van der Waals surface area contributed by atoms with Crippen molar-refractivity contribution in [2.45, 2.75) is 67.5 Å². The number of nitrogens with one attached hydrogen (secondary N) is 1. The van der Waals surface area contributed by atoms with Crippen LogP contribution in [0.4, 0.5) is 0 Å². The predicted octanol–water partition coefficient (Wildman–Crippen LogP) is 4.23. The SMILES string of the molecule is CC1=C(C)C(C)(C)C([Si](C)NC(C)(C)C)=C1C. The zero-order valence-corrected chi connectivity index (χ0v) is 14.0. The third kappa shape index (κ3) is 2.74. The first-order chi connectivity index (χ1) is 7.48. The molecule has 0 fully saturated rings. The van der Waals surface area contributed by atoms with Crippen LogP contribution >= 0.6 is 0 Å². The van der Waals surface area contributed by atoms with Crippen molar-refractivity contribution in [3.05, 3.63) is 21.9 Å². The van der Waals surface area contributed by atoms with Crippen molar-refractivity contribution >= 4 is 8.96 Å². The minimum Gasteiger partial charge on any atom is -0.330 e. The molecule has 0 aliphatic heterocycles. The molecule has 0 aromatic rings. The Morgan fingerprint density at radius 1 is 1.00 bits per heavy atom. The lowest BCUT2D eigenvalue weighted by Gasteiger charge is -2.33. The molecule has 0 unspecified atom stereocenters. The lowest BCUT2D eigenvalue weighted by Crippen LogP contribution is -2.48. The van der Waals surface area contributed by atoms with Gasteiger partial charge in [-0.3, -0.25) is 0 Å². The van der Waals surface area contributed by atoms with Crippen LogP contribution in [0.2, 0.25) is 6.55 Å². The summed E-state index contributed by atoms with van der Waals surface area (Å²) in [6.45, 7) is 20.8. The molecule has 1 aliphatic rings. The smallest absolute Gasteiger partial charge is 0.163 e. The maximum absolute atomic E-state index is 3.81. The molecule has 0 bridgehead atoms. The molecule has 1 nitrogen and oxygen atoms in total. The highest BCUT2D eigenvalue weighted by Gasteiger charge is 2.38. The van der Waals surface area contributed by atoms with Crippen molar-refractivity contribution in [2.75, 3.05) is 0 Å². The van der Waals surface area contributed by atoms with Gasteiger partial charge < -0.3 is 4.98 Å². The monoisotopic (exact) mass is 250 g/mol. The molecule has 1 aliphatic carbocycles. The van der Waals surface area contributed by atoms with Crippen LogP contribution in [0.3, 0.4) is 0 Å². The molecule has 0 atom stereocenters. The van der Waals surface area contributed by atoms with Crippen LogP contribution in [0.1, 0.15) is 55.4 Å². The van der Waals surface area contributed by atoms with Gasteiger partial charge in [-0.2, -0.15) is 0 Å². The van der Waals surface area contributed by atoms with E-state index in [4.69, 9.17) is 0 Å². The fourth-order valence-electron chi connectivity index (χ4n) is 2.97. The third-order valence-electron chi connectivity index (χ3n) is 4.00. The van der Waals surface area contributed by atoms with E-state index in [9.17, 15) is 0 Å². The van der Waals surface area contributed by atoms with Gasteiger partial charge in [-0.05, 0) is 47.1 Å². The molecule has 0 saturated carbocycles. The first-order valence-electron chi connectivity index (χ1n) is 6.50. The molecule has 17 heavy (non-hydrogen) atoms. The summed E-state index contributed by atoms with van der Waals surface area (Å²) in [5.74, 6) is 0. The quantitative estimate of drug-likeness (QED) is 0.723. The minimum atomic E-state index is -0.657. The average molecular weight is 250 g/mol. The van der Waals surface area contributed by atoms with E-state index < -0.39 is 8.96 Å². The highest BCUT2D eigenvalue weighted by atomic mass is 28.3. The number of allylic oxidation sites excluding steroid dienone is 4. The lowest BCUT2D eigenvalue weighted by atomic mass is 9.87. The van der Waals surface area contributed by atoms with Crippen LogP contribution in [-0.2, 0) is 0 Å². The molecule has 1 radical (unpaired) electrons. The summed E-state index contributed by atoms with van der Waals surface area (Å²) in [6, 6.07) is 0. The van der Waals surface area contributed by atoms with Crippen molar-refractivity contribution < 1.29 is 0 Å². The van der Waals surface area contributed by atoms with Gasteiger partial charge in [0.2, 0.25) is 0 Å². The van der Waals surface area contributed by atoms with E-state index in [1.165, 1.54) is 11.1 Å². The highest BCUT2D eigenvalue weighted by molar-refractivity contribution is 6.63. The van der Waals surface area contributed by atoms with Crippen LogP contribution in [0, 0.1) is 5.41 Å². The second kappa shape index (κ2) is 4.40. The highest BCUT2D eigenvalue weighted by Crippen LogP contribution is 2.46. The van der Waals surface area contributed by atoms with E-state index in [0.717, 1.165) is 0 Å². The molecule has 1 N–H and O–H groups in total. The lowest BCUT2D eigenvalue weighted by molar-refractivity contribution is 0.510. The van der Waals surface area contributed by atoms with Crippen LogP contribution in [0.5, 0.6) is 0 Å². The Morgan fingerprint density at radius 3 is 1.76 bits per heavy atom. The molecule has 2 heteroatoms. The fraction of sp³-hybridized carbons (Fsp3) is 0.733. The second-order valence-corrected chi connectivity index (χ2v) is 8.88. The van der Waals surface area contributed by atoms with Crippen molar-refractivity contribution in [3.8, 4) is 0 Å². The van der Waals surface area contributed by atoms with Gasteiger partial charge in [0.15, 0.2) is 8.96 Å². The maximum Gasteiger partial charge on any atom is 0.163 e. The summed E-state index contributed by atoms with van der Waals surface area (Å²) in [6.07, 6.45) is 0. The van der Waals surface area contributed by atoms with Crippen molar-refractivity contribution in [1.29, 1.82) is 0 Å². The molecule has 0 amide bonds. The summed E-state index contributed by atoms with van der Waals surface area (Å²) < 4.78 is 0. The summed E-state index contributed by atoms with van der Waals surface area (Å²) >= 11 is 0. The molecule has 0 spiro atoms. The van der Waals surface area contributed by atoms with E-state index in [1.54, 1.807) is 10.8 Å². The predicted molar refractivity (Wildman–Crippen MR) is 79.4 cm³/mol. The van der Waals surface area contributed by atoms with Gasteiger partial charge in [0, 0.05) is 11.0 Å². The van der Waals surface area contributed by atoms with Crippen molar-refractivity contribution in [1.82, 2.24) is 4.98 Å². The molecule has 1 rings (SSSR count). The van der Waals surface area contributed by atoms with E-state index in [2.05, 4.69) is 66.9 Å². The Morgan fingerprint density at radius 2 is 1.47 bits per heavy atom. The standard InChI is InChI=1S/C15H28NSi/c1-10-11(2)13(15(7,8)12(10)3)17(9)16-14(4,5)6/h16H,1-9H3. The average Bonchev–Trinajstić information content (AvgIpc) is 2.24. The van der Waals surface area contributed by atoms with E-state index in [1.807, 2.05) is 0 Å². The van der Waals surface area contributed by atoms with E-state index in [-0.39, 0.29) is 11.0 Å². The number of rotatable bonds is 2. The Hall–Kier alpha value is -0.343. The van der Waals surface area contributed by atoms with Crippen molar-refractivity contribution in [3.63, 3.8) is 0 Å². The zero-order valence-electron chi connectivity index (χ0n) is 13.0. The van der Waals surface area contributed by atoms with Crippen LogP contribution in [-0.4, -0.2) is 14.5 Å². The van der Waals surface area contributed by atoms with Gasteiger partial charge in [-0.1, -0.05) is 36.7 Å². The molecule has 0 saturated heterocycles. The van der Waals surface area contributed by atoms with Crippen LogP contribution in [0.25, 0.3) is 0 Å². The van der Waals surface area contributed by atoms with Gasteiger partial charge in [-0.15, -0.1) is 0 Å². The van der Waals surface area contributed by atoms with E-state index in [0.29, 0.717) is 0 Å². The van der Waals surface area contributed by atoms with Gasteiger partial charge in [-0.25, -0.2) is 0 Å². The molecular weight excluding hydrogens is 222 g/mol. The second-order valence-electron chi connectivity index (χ2n) is 6.88. The molecule has 97 valence electrons. The first-order valence-corrected chi connectivity index (χ1v) is 8.50. The summed E-state index contributed by atoms with van der Waals surface area (Å²) in [4.78, 5) is 3.81. The summed E-state index contributed by atoms with van der Waals surface area (Å²) in [5.41, 5.74) is 5.03. The summed E-state index contributed by atoms with van der Waals surface area (Å²) in [5, 5.41) is 1.66. The number of hydrogen-bond acceptors (Lipinski definition) is 1. The fourth-order valence-corrected chi connectivity index (χ4v) is 6.09. The Kier molecular flexibility index (Phi) is 3.81. The van der Waals surface area contributed by atoms with Crippen molar-refractivity contribution in [2.24, 2.45) is 5.41 Å².